The molecule has 2 fully saturated rings. The van der Waals surface area contributed by atoms with Crippen molar-refractivity contribution in [1.82, 2.24) is 4.90 Å². The highest BCUT2D eigenvalue weighted by Gasteiger charge is 2.40. The third kappa shape index (κ3) is 2.71. The van der Waals surface area contributed by atoms with Crippen LogP contribution in [0, 0.1) is 17.3 Å². The maximum atomic E-state index is 12.7. The fraction of sp³-hybridized carbons (Fsp3) is 0.933. The number of hydrogen-bond acceptors (Lipinski definition) is 2. The monoisotopic (exact) mass is 252 g/mol. The Balaban J connectivity index is 2.02. The van der Waals surface area contributed by atoms with Crippen LogP contribution in [0.15, 0.2) is 0 Å². The molecule has 0 radical (unpaired) electrons. The van der Waals surface area contributed by atoms with Gasteiger partial charge in [-0.1, -0.05) is 33.6 Å². The van der Waals surface area contributed by atoms with Gasteiger partial charge >= 0.3 is 0 Å². The minimum atomic E-state index is 0.161. The average Bonchev–Trinajstić information content (AvgIpc) is 2.31. The summed E-state index contributed by atoms with van der Waals surface area (Å²) < 4.78 is 0. The van der Waals surface area contributed by atoms with Crippen LogP contribution in [0.2, 0.25) is 0 Å². The maximum Gasteiger partial charge on any atom is 0.226 e. The molecule has 2 rings (SSSR count). The summed E-state index contributed by atoms with van der Waals surface area (Å²) in [6.07, 6.45) is 5.77. The molecule has 3 unspecified atom stereocenters. The third-order valence-electron chi connectivity index (χ3n) is 5.13. The van der Waals surface area contributed by atoms with Crippen LogP contribution in [-0.4, -0.2) is 29.9 Å². The number of carbonyl (C=O) groups excluding carboxylic acids is 1. The summed E-state index contributed by atoms with van der Waals surface area (Å²) in [5.41, 5.74) is 6.28. The van der Waals surface area contributed by atoms with Crippen molar-refractivity contribution in [1.29, 1.82) is 0 Å². The van der Waals surface area contributed by atoms with Gasteiger partial charge in [-0.2, -0.15) is 0 Å². The Bertz CT molecular complexity index is 314. The number of hydrogen-bond donors (Lipinski definition) is 1. The zero-order valence-electron chi connectivity index (χ0n) is 12.1. The Kier molecular flexibility index (Phi) is 4.00. The van der Waals surface area contributed by atoms with Gasteiger partial charge in [0.2, 0.25) is 5.91 Å². The Labute approximate surface area is 111 Å². The maximum absolute atomic E-state index is 12.7. The zero-order chi connectivity index (χ0) is 13.3. The van der Waals surface area contributed by atoms with Crippen molar-refractivity contribution >= 4 is 5.91 Å². The van der Waals surface area contributed by atoms with Gasteiger partial charge in [0.1, 0.15) is 0 Å². The number of rotatable bonds is 1. The van der Waals surface area contributed by atoms with Gasteiger partial charge in [-0.25, -0.2) is 0 Å². The van der Waals surface area contributed by atoms with E-state index in [-0.39, 0.29) is 17.4 Å². The molecule has 1 heterocycles. The first-order valence-corrected chi connectivity index (χ1v) is 7.46. The molecule has 0 aromatic rings. The number of nitrogens with two attached hydrogens (primary N) is 1. The second kappa shape index (κ2) is 5.20. The first kappa shape index (κ1) is 13.9. The van der Waals surface area contributed by atoms with Crippen LogP contribution in [0.5, 0.6) is 0 Å². The predicted octanol–water partition coefficient (Wildman–Crippen LogP) is 2.40. The smallest absolute Gasteiger partial charge is 0.226 e. The molecule has 18 heavy (non-hydrogen) atoms. The number of likely N-dealkylation sites (tertiary alicyclic amines) is 1. The topological polar surface area (TPSA) is 46.3 Å². The number of amides is 1. The zero-order valence-corrected chi connectivity index (χ0v) is 12.1. The van der Waals surface area contributed by atoms with Crippen molar-refractivity contribution in [3.63, 3.8) is 0 Å². The summed E-state index contributed by atoms with van der Waals surface area (Å²) in [5.74, 6) is 1.13. The van der Waals surface area contributed by atoms with Crippen LogP contribution in [0.25, 0.3) is 0 Å². The van der Waals surface area contributed by atoms with Gasteiger partial charge in [-0.15, -0.1) is 0 Å². The molecule has 1 saturated heterocycles. The lowest BCUT2D eigenvalue weighted by Crippen LogP contribution is -2.53. The van der Waals surface area contributed by atoms with Gasteiger partial charge < -0.3 is 10.6 Å². The van der Waals surface area contributed by atoms with Gasteiger partial charge in [-0.3, -0.25) is 4.79 Å². The van der Waals surface area contributed by atoms with E-state index in [4.69, 9.17) is 5.73 Å². The summed E-state index contributed by atoms with van der Waals surface area (Å²) in [7, 11) is 0. The summed E-state index contributed by atoms with van der Waals surface area (Å²) in [6.45, 7) is 8.35. The van der Waals surface area contributed by atoms with Crippen molar-refractivity contribution in [2.45, 2.75) is 58.9 Å². The van der Waals surface area contributed by atoms with Crippen molar-refractivity contribution in [2.75, 3.05) is 13.1 Å². The molecule has 2 N–H and O–H groups in total. The molecule has 2 aliphatic rings. The van der Waals surface area contributed by atoms with E-state index in [0.29, 0.717) is 11.8 Å². The van der Waals surface area contributed by atoms with E-state index in [1.54, 1.807) is 0 Å². The van der Waals surface area contributed by atoms with Gasteiger partial charge in [0.15, 0.2) is 0 Å². The van der Waals surface area contributed by atoms with E-state index >= 15 is 0 Å². The van der Waals surface area contributed by atoms with Crippen LogP contribution in [0.1, 0.15) is 52.9 Å². The first-order valence-electron chi connectivity index (χ1n) is 7.46. The summed E-state index contributed by atoms with van der Waals surface area (Å²) in [4.78, 5) is 14.7. The molecule has 3 nitrogen and oxygen atoms in total. The second-order valence-electron chi connectivity index (χ2n) is 7.00. The largest absolute Gasteiger partial charge is 0.341 e. The SMILES string of the molecule is CC1CCN(C(=O)C2CCCCC2(C)C)CC1N. The quantitative estimate of drug-likeness (QED) is 0.779. The first-order chi connectivity index (χ1) is 8.42. The normalized spacial score (nSPS) is 36.4. The van der Waals surface area contributed by atoms with Crippen molar-refractivity contribution in [2.24, 2.45) is 23.0 Å². The molecule has 1 aliphatic carbocycles. The summed E-state index contributed by atoms with van der Waals surface area (Å²) in [6, 6.07) is 0.161. The highest BCUT2D eigenvalue weighted by Crippen LogP contribution is 2.41. The molecule has 3 atom stereocenters. The Morgan fingerprint density at radius 2 is 2.00 bits per heavy atom. The van der Waals surface area contributed by atoms with E-state index in [2.05, 4.69) is 20.8 Å². The molecular formula is C15H28N2O. The molecule has 1 aliphatic heterocycles. The van der Waals surface area contributed by atoms with Gasteiger partial charge in [-0.05, 0) is 30.6 Å². The van der Waals surface area contributed by atoms with E-state index in [0.717, 1.165) is 25.9 Å². The molecular weight excluding hydrogens is 224 g/mol. The lowest BCUT2D eigenvalue weighted by molar-refractivity contribution is -0.142. The van der Waals surface area contributed by atoms with Crippen LogP contribution in [-0.2, 0) is 4.79 Å². The second-order valence-corrected chi connectivity index (χ2v) is 7.00. The molecule has 104 valence electrons. The van der Waals surface area contributed by atoms with Crippen LogP contribution in [0.3, 0.4) is 0 Å². The molecule has 0 aromatic heterocycles. The molecule has 0 aromatic carbocycles. The minimum Gasteiger partial charge on any atom is -0.341 e. The lowest BCUT2D eigenvalue weighted by Gasteiger charge is -2.43. The fourth-order valence-electron chi connectivity index (χ4n) is 3.47. The van der Waals surface area contributed by atoms with E-state index in [1.165, 1.54) is 19.3 Å². The van der Waals surface area contributed by atoms with E-state index < -0.39 is 0 Å². The number of carbonyl (C=O) groups is 1. The van der Waals surface area contributed by atoms with E-state index in [1.807, 2.05) is 4.90 Å². The van der Waals surface area contributed by atoms with Crippen LogP contribution >= 0.6 is 0 Å². The molecule has 1 saturated carbocycles. The number of piperidine rings is 1. The van der Waals surface area contributed by atoms with Crippen molar-refractivity contribution in [3.05, 3.63) is 0 Å². The molecule has 1 amide bonds. The third-order valence-corrected chi connectivity index (χ3v) is 5.13. The van der Waals surface area contributed by atoms with Crippen LogP contribution < -0.4 is 5.73 Å². The molecule has 0 bridgehead atoms. The van der Waals surface area contributed by atoms with Crippen LogP contribution in [0.4, 0.5) is 0 Å². The Morgan fingerprint density at radius 1 is 1.28 bits per heavy atom. The Morgan fingerprint density at radius 3 is 2.61 bits per heavy atom. The Hall–Kier alpha value is -0.570. The van der Waals surface area contributed by atoms with Crippen molar-refractivity contribution in [3.8, 4) is 0 Å². The summed E-state index contributed by atoms with van der Waals surface area (Å²) in [5, 5.41) is 0. The predicted molar refractivity (Wildman–Crippen MR) is 74.1 cm³/mol. The fourth-order valence-corrected chi connectivity index (χ4v) is 3.47. The standard InChI is InChI=1S/C15H28N2O/c1-11-7-9-17(10-13(11)16)14(18)12-6-4-5-8-15(12,2)3/h11-13H,4-10,16H2,1-3H3. The number of nitrogens with zero attached hydrogens (tertiary/aromatic N) is 1. The van der Waals surface area contributed by atoms with Crippen molar-refractivity contribution < 1.29 is 4.79 Å². The van der Waals surface area contributed by atoms with Gasteiger partial charge in [0, 0.05) is 25.0 Å². The van der Waals surface area contributed by atoms with E-state index in [9.17, 15) is 4.79 Å². The average molecular weight is 252 g/mol. The summed E-state index contributed by atoms with van der Waals surface area (Å²) >= 11 is 0. The van der Waals surface area contributed by atoms with Gasteiger partial charge in [0.25, 0.3) is 0 Å². The molecule has 0 spiro atoms. The van der Waals surface area contributed by atoms with Gasteiger partial charge in [0.05, 0.1) is 0 Å². The lowest BCUT2D eigenvalue weighted by atomic mass is 9.68. The highest BCUT2D eigenvalue weighted by molar-refractivity contribution is 5.80. The minimum absolute atomic E-state index is 0.161. The molecule has 3 heteroatoms. The highest BCUT2D eigenvalue weighted by atomic mass is 16.2.